The molecule has 5 aromatic rings. The van der Waals surface area contributed by atoms with E-state index in [2.05, 4.69) is 15.3 Å². The second-order valence-electron chi connectivity index (χ2n) is 8.84. The van der Waals surface area contributed by atoms with E-state index >= 15 is 17.6 Å². The summed E-state index contributed by atoms with van der Waals surface area (Å²) >= 11 is 0. The molecule has 5 nitrogen and oxygen atoms in total. The van der Waals surface area contributed by atoms with Gasteiger partial charge in [0.15, 0.2) is 23.3 Å². The van der Waals surface area contributed by atoms with Crippen LogP contribution in [0.5, 0.6) is 0 Å². The summed E-state index contributed by atoms with van der Waals surface area (Å²) in [6.07, 6.45) is 0. The maximum Gasteiger partial charge on any atom is 0.337 e. The molecule has 1 heterocycles. The number of fused-ring (bicyclic) bond motifs is 1. The standard InChI is InChI=1S/C29H21F4N3O2/c1-15-35-21-12-19(11-20(29(37)38)28(21)36-15)23-26(32)24(30)22(25(31)27(23)33)18-9-7-17(8-10-18)14-34-13-16-5-3-2-4-6-16/h2-12,34H,13-14H2,1H3,(H,35,36)(H,37,38). The minimum atomic E-state index is -1.63. The number of imidazole rings is 1. The van der Waals surface area contributed by atoms with E-state index in [9.17, 15) is 9.90 Å². The minimum absolute atomic E-state index is 0.0398. The van der Waals surface area contributed by atoms with Crippen molar-refractivity contribution in [2.75, 3.05) is 0 Å². The number of benzene rings is 4. The van der Waals surface area contributed by atoms with Crippen molar-refractivity contribution in [3.05, 3.63) is 113 Å². The maximum absolute atomic E-state index is 15.3. The van der Waals surface area contributed by atoms with Gasteiger partial charge in [0.1, 0.15) is 11.3 Å². The molecule has 3 N–H and O–H groups in total. The highest BCUT2D eigenvalue weighted by molar-refractivity contribution is 6.03. The van der Waals surface area contributed by atoms with Gasteiger partial charge in [0.25, 0.3) is 0 Å². The summed E-state index contributed by atoms with van der Waals surface area (Å²) in [5, 5.41) is 12.8. The van der Waals surface area contributed by atoms with Crippen LogP contribution in [0.25, 0.3) is 33.3 Å². The van der Waals surface area contributed by atoms with Crippen molar-refractivity contribution in [1.29, 1.82) is 0 Å². The fraction of sp³-hybridized carbons (Fsp3) is 0.103. The van der Waals surface area contributed by atoms with E-state index in [-0.39, 0.29) is 27.7 Å². The molecule has 5 rings (SSSR count). The van der Waals surface area contributed by atoms with Crippen LogP contribution in [-0.4, -0.2) is 21.0 Å². The van der Waals surface area contributed by atoms with E-state index in [1.807, 2.05) is 30.3 Å². The molecule has 0 bridgehead atoms. The quantitative estimate of drug-likeness (QED) is 0.164. The van der Waals surface area contributed by atoms with E-state index in [0.29, 0.717) is 18.9 Å². The zero-order valence-electron chi connectivity index (χ0n) is 20.1. The zero-order chi connectivity index (χ0) is 27.0. The van der Waals surface area contributed by atoms with E-state index < -0.39 is 40.4 Å². The second-order valence-corrected chi connectivity index (χ2v) is 8.84. The average Bonchev–Trinajstić information content (AvgIpc) is 3.28. The Morgan fingerprint density at radius 2 is 1.37 bits per heavy atom. The number of nitrogens with zero attached hydrogens (tertiary/aromatic N) is 1. The lowest BCUT2D eigenvalue weighted by molar-refractivity contribution is 0.0699. The summed E-state index contributed by atoms with van der Waals surface area (Å²) in [6.45, 7) is 2.67. The summed E-state index contributed by atoms with van der Waals surface area (Å²) < 4.78 is 60.9. The van der Waals surface area contributed by atoms with Crippen LogP contribution in [0.1, 0.15) is 27.3 Å². The third kappa shape index (κ3) is 4.64. The highest BCUT2D eigenvalue weighted by Gasteiger charge is 2.28. The molecule has 38 heavy (non-hydrogen) atoms. The van der Waals surface area contributed by atoms with Crippen molar-refractivity contribution in [3.8, 4) is 22.3 Å². The Balaban J connectivity index is 1.48. The molecule has 0 aliphatic carbocycles. The molecule has 0 fully saturated rings. The number of carboxylic acid groups (broad SMARTS) is 1. The molecule has 0 saturated heterocycles. The van der Waals surface area contributed by atoms with Crippen molar-refractivity contribution >= 4 is 17.0 Å². The number of aromatic amines is 1. The van der Waals surface area contributed by atoms with Gasteiger partial charge in [-0.3, -0.25) is 0 Å². The highest BCUT2D eigenvalue weighted by atomic mass is 19.2. The van der Waals surface area contributed by atoms with Crippen LogP contribution in [0.2, 0.25) is 0 Å². The number of aromatic carboxylic acids is 1. The maximum atomic E-state index is 15.3. The Bertz CT molecular complexity index is 1640. The molecular formula is C29H21F4N3O2. The lowest BCUT2D eigenvalue weighted by atomic mass is 9.95. The zero-order valence-corrected chi connectivity index (χ0v) is 20.1. The van der Waals surface area contributed by atoms with Crippen LogP contribution >= 0.6 is 0 Å². The first-order valence-corrected chi connectivity index (χ1v) is 11.7. The molecule has 0 saturated carbocycles. The van der Waals surface area contributed by atoms with E-state index in [4.69, 9.17) is 0 Å². The molecule has 0 aliphatic heterocycles. The number of aromatic nitrogens is 2. The van der Waals surface area contributed by atoms with Gasteiger partial charge in [-0.1, -0.05) is 54.6 Å². The molecule has 0 radical (unpaired) electrons. The fourth-order valence-corrected chi connectivity index (χ4v) is 4.42. The molecule has 0 atom stereocenters. The second kappa shape index (κ2) is 10.1. The lowest BCUT2D eigenvalue weighted by Gasteiger charge is -2.14. The summed E-state index contributed by atoms with van der Waals surface area (Å²) in [5.41, 5.74) is -0.439. The van der Waals surface area contributed by atoms with Crippen molar-refractivity contribution in [2.24, 2.45) is 0 Å². The third-order valence-corrected chi connectivity index (χ3v) is 6.23. The third-order valence-electron chi connectivity index (χ3n) is 6.23. The summed E-state index contributed by atoms with van der Waals surface area (Å²) in [6, 6.07) is 17.9. The first kappa shape index (κ1) is 25.2. The van der Waals surface area contributed by atoms with Crippen LogP contribution in [-0.2, 0) is 13.1 Å². The van der Waals surface area contributed by atoms with Gasteiger partial charge < -0.3 is 15.4 Å². The molecule has 0 amide bonds. The molecule has 192 valence electrons. The van der Waals surface area contributed by atoms with Crippen molar-refractivity contribution in [3.63, 3.8) is 0 Å². The Morgan fingerprint density at radius 3 is 1.95 bits per heavy atom. The van der Waals surface area contributed by atoms with Gasteiger partial charge >= 0.3 is 5.97 Å². The van der Waals surface area contributed by atoms with Gasteiger partial charge in [-0.15, -0.1) is 0 Å². The Kier molecular flexibility index (Phi) is 6.69. The molecule has 4 aromatic carbocycles. The predicted octanol–water partition coefficient (Wildman–Crippen LogP) is 6.75. The molecule has 1 aromatic heterocycles. The van der Waals surface area contributed by atoms with Crippen molar-refractivity contribution in [1.82, 2.24) is 15.3 Å². The Hall–Kier alpha value is -4.50. The fourth-order valence-electron chi connectivity index (χ4n) is 4.42. The van der Waals surface area contributed by atoms with Gasteiger partial charge in [0.2, 0.25) is 0 Å². The number of H-pyrrole nitrogens is 1. The number of halogens is 4. The van der Waals surface area contributed by atoms with Crippen LogP contribution in [0.4, 0.5) is 17.6 Å². The summed E-state index contributed by atoms with van der Waals surface area (Å²) in [5.74, 6) is -7.44. The normalized spacial score (nSPS) is 11.3. The van der Waals surface area contributed by atoms with Crippen molar-refractivity contribution in [2.45, 2.75) is 20.0 Å². The van der Waals surface area contributed by atoms with Gasteiger partial charge in [0, 0.05) is 13.1 Å². The predicted molar refractivity (Wildman–Crippen MR) is 135 cm³/mol. The van der Waals surface area contributed by atoms with Crippen LogP contribution in [0.15, 0.2) is 66.7 Å². The summed E-state index contributed by atoms with van der Waals surface area (Å²) in [7, 11) is 0. The van der Waals surface area contributed by atoms with Gasteiger partial charge in [-0.05, 0) is 41.3 Å². The van der Waals surface area contributed by atoms with E-state index in [1.54, 1.807) is 19.1 Å². The number of rotatable bonds is 7. The first-order valence-electron chi connectivity index (χ1n) is 11.7. The number of hydrogen-bond donors (Lipinski definition) is 3. The van der Waals surface area contributed by atoms with E-state index in [0.717, 1.165) is 17.2 Å². The van der Waals surface area contributed by atoms with Crippen LogP contribution in [0.3, 0.4) is 0 Å². The average molecular weight is 519 g/mol. The smallest absolute Gasteiger partial charge is 0.337 e. The molecule has 0 spiro atoms. The molecule has 0 aliphatic rings. The van der Waals surface area contributed by atoms with Crippen LogP contribution in [0, 0.1) is 30.2 Å². The van der Waals surface area contributed by atoms with E-state index in [1.165, 1.54) is 18.2 Å². The molecular weight excluding hydrogens is 498 g/mol. The van der Waals surface area contributed by atoms with Crippen LogP contribution < -0.4 is 5.32 Å². The number of aryl methyl sites for hydroxylation is 1. The van der Waals surface area contributed by atoms with Crippen molar-refractivity contribution < 1.29 is 27.5 Å². The highest BCUT2D eigenvalue weighted by Crippen LogP contribution is 2.38. The SMILES string of the molecule is Cc1nc2c(C(=O)O)cc(-c3c(F)c(F)c(-c4ccc(CNCc5ccccc5)cc4)c(F)c3F)cc2[nH]1. The lowest BCUT2D eigenvalue weighted by Crippen LogP contribution is -2.12. The number of carboxylic acids is 1. The Labute approximate surface area is 214 Å². The molecule has 0 unspecified atom stereocenters. The monoisotopic (exact) mass is 519 g/mol. The number of hydrogen-bond acceptors (Lipinski definition) is 3. The number of carbonyl (C=O) groups is 1. The van der Waals surface area contributed by atoms with Gasteiger partial charge in [-0.25, -0.2) is 27.3 Å². The Morgan fingerprint density at radius 1 is 0.816 bits per heavy atom. The van der Waals surface area contributed by atoms with Gasteiger partial charge in [-0.2, -0.15) is 0 Å². The summed E-state index contributed by atoms with van der Waals surface area (Å²) in [4.78, 5) is 18.6. The first-order chi connectivity index (χ1) is 18.2. The molecule has 9 heteroatoms. The minimum Gasteiger partial charge on any atom is -0.478 e. The topological polar surface area (TPSA) is 78.0 Å². The number of nitrogens with one attached hydrogen (secondary N) is 2. The van der Waals surface area contributed by atoms with Gasteiger partial charge in [0.05, 0.1) is 22.2 Å². The largest absolute Gasteiger partial charge is 0.478 e.